The third-order valence-corrected chi connectivity index (χ3v) is 3.05. The van der Waals surface area contributed by atoms with Crippen molar-refractivity contribution in [1.82, 2.24) is 0 Å². The summed E-state index contributed by atoms with van der Waals surface area (Å²) in [5, 5.41) is 1.45. The van der Waals surface area contributed by atoms with E-state index < -0.39 is 5.82 Å². The molecule has 0 unspecified atom stereocenters. The van der Waals surface area contributed by atoms with Crippen molar-refractivity contribution >= 4 is 22.6 Å². The molecule has 96 valence electrons. The van der Waals surface area contributed by atoms with Gasteiger partial charge in [0.2, 0.25) is 0 Å². The van der Waals surface area contributed by atoms with Crippen LogP contribution >= 0.6 is 11.6 Å². The molecule has 2 nitrogen and oxygen atoms in total. The third-order valence-electron chi connectivity index (χ3n) is 2.75. The Hall–Kier alpha value is -2.00. The maximum absolute atomic E-state index is 13.4. The zero-order chi connectivity index (χ0) is 13.2. The van der Waals surface area contributed by atoms with Crippen LogP contribution in [-0.2, 0) is 6.61 Å². The predicted molar refractivity (Wildman–Crippen MR) is 72.0 cm³/mol. The van der Waals surface area contributed by atoms with Crippen LogP contribution in [-0.4, -0.2) is 0 Å². The number of fused-ring (bicyclic) bond motifs is 1. The van der Waals surface area contributed by atoms with Gasteiger partial charge in [0.15, 0.2) is 17.1 Å². The monoisotopic (exact) mass is 276 g/mol. The van der Waals surface area contributed by atoms with Crippen LogP contribution in [0, 0.1) is 5.82 Å². The van der Waals surface area contributed by atoms with Gasteiger partial charge in [-0.2, -0.15) is 0 Å². The Kier molecular flexibility index (Phi) is 3.13. The Bertz CT molecular complexity index is 721. The van der Waals surface area contributed by atoms with Crippen molar-refractivity contribution in [3.63, 3.8) is 0 Å². The molecular weight excluding hydrogens is 267 g/mol. The first-order chi connectivity index (χ1) is 9.24. The molecule has 1 aromatic heterocycles. The topological polar surface area (TPSA) is 22.4 Å². The normalized spacial score (nSPS) is 10.8. The molecule has 0 amide bonds. The van der Waals surface area contributed by atoms with Crippen LogP contribution in [0.15, 0.2) is 52.9 Å². The fourth-order valence-corrected chi connectivity index (χ4v) is 2.08. The van der Waals surface area contributed by atoms with Crippen LogP contribution in [0.5, 0.6) is 5.75 Å². The summed E-state index contributed by atoms with van der Waals surface area (Å²) in [6.07, 6.45) is 0. The van der Waals surface area contributed by atoms with Gasteiger partial charge in [-0.1, -0.05) is 35.9 Å². The molecule has 3 rings (SSSR count). The largest absolute Gasteiger partial charge is 0.483 e. The molecule has 0 N–H and O–H groups in total. The van der Waals surface area contributed by atoms with Crippen molar-refractivity contribution in [2.45, 2.75) is 6.61 Å². The molecule has 0 radical (unpaired) electrons. The van der Waals surface area contributed by atoms with Gasteiger partial charge in [0.1, 0.15) is 12.4 Å². The molecule has 0 aliphatic rings. The molecule has 3 aromatic rings. The summed E-state index contributed by atoms with van der Waals surface area (Å²) in [5.74, 6) is 0.414. The fourth-order valence-electron chi connectivity index (χ4n) is 1.86. The van der Waals surface area contributed by atoms with Gasteiger partial charge < -0.3 is 9.15 Å². The standard InChI is InChI=1S/C15H10ClFO2/c16-12-5-3-4-10-8-11(19-15(10)12)9-18-14-7-2-1-6-13(14)17/h1-8H,9H2. The lowest BCUT2D eigenvalue weighted by Gasteiger charge is -2.04. The zero-order valence-corrected chi connectivity index (χ0v) is 10.7. The molecule has 0 fully saturated rings. The molecule has 0 bridgehead atoms. The van der Waals surface area contributed by atoms with Gasteiger partial charge in [-0.15, -0.1) is 0 Å². The van der Waals surface area contributed by atoms with E-state index in [1.807, 2.05) is 18.2 Å². The first-order valence-corrected chi connectivity index (χ1v) is 6.16. The summed E-state index contributed by atoms with van der Waals surface area (Å²) in [5.41, 5.74) is 0.622. The van der Waals surface area contributed by atoms with Gasteiger partial charge in [-0.05, 0) is 24.3 Å². The number of hydrogen-bond acceptors (Lipinski definition) is 2. The number of rotatable bonds is 3. The molecular formula is C15H10ClFO2. The smallest absolute Gasteiger partial charge is 0.165 e. The average molecular weight is 277 g/mol. The summed E-state index contributed by atoms with van der Waals surface area (Å²) in [4.78, 5) is 0. The molecule has 0 atom stereocenters. The van der Waals surface area contributed by atoms with Crippen molar-refractivity contribution in [3.05, 3.63) is 65.1 Å². The van der Waals surface area contributed by atoms with Crippen LogP contribution in [0.3, 0.4) is 0 Å². The van der Waals surface area contributed by atoms with Crippen molar-refractivity contribution in [1.29, 1.82) is 0 Å². The Labute approximate surface area is 114 Å². The molecule has 1 heterocycles. The van der Waals surface area contributed by atoms with E-state index in [-0.39, 0.29) is 12.4 Å². The second kappa shape index (κ2) is 4.94. The van der Waals surface area contributed by atoms with E-state index in [0.29, 0.717) is 16.4 Å². The Balaban J connectivity index is 1.83. The van der Waals surface area contributed by atoms with E-state index in [2.05, 4.69) is 0 Å². The highest BCUT2D eigenvalue weighted by Crippen LogP contribution is 2.27. The third kappa shape index (κ3) is 2.42. The van der Waals surface area contributed by atoms with E-state index in [9.17, 15) is 4.39 Å². The van der Waals surface area contributed by atoms with E-state index in [4.69, 9.17) is 20.8 Å². The first-order valence-electron chi connectivity index (χ1n) is 5.78. The Morgan fingerprint density at radius 2 is 1.95 bits per heavy atom. The lowest BCUT2D eigenvalue weighted by atomic mass is 10.2. The van der Waals surface area contributed by atoms with Crippen LogP contribution in [0.25, 0.3) is 11.0 Å². The van der Waals surface area contributed by atoms with Crippen LogP contribution < -0.4 is 4.74 Å². The Morgan fingerprint density at radius 3 is 2.74 bits per heavy atom. The van der Waals surface area contributed by atoms with E-state index in [1.54, 1.807) is 24.3 Å². The molecule has 19 heavy (non-hydrogen) atoms. The summed E-state index contributed by atoms with van der Waals surface area (Å²) < 4.78 is 24.3. The van der Waals surface area contributed by atoms with Gasteiger partial charge in [0.05, 0.1) is 5.02 Å². The highest BCUT2D eigenvalue weighted by molar-refractivity contribution is 6.34. The summed E-state index contributed by atoms with van der Waals surface area (Å²) >= 11 is 6.02. The molecule has 0 aliphatic heterocycles. The van der Waals surface area contributed by atoms with Crippen molar-refractivity contribution in [3.8, 4) is 5.75 Å². The number of para-hydroxylation sites is 2. The second-order valence-corrected chi connectivity index (χ2v) is 4.50. The summed E-state index contributed by atoms with van der Waals surface area (Å²) in [6.45, 7) is 0.159. The minimum Gasteiger partial charge on any atom is -0.483 e. The SMILES string of the molecule is Fc1ccccc1OCc1cc2cccc(Cl)c2o1. The molecule has 0 spiro atoms. The summed E-state index contributed by atoms with van der Waals surface area (Å²) in [7, 11) is 0. The van der Waals surface area contributed by atoms with E-state index in [1.165, 1.54) is 6.07 Å². The van der Waals surface area contributed by atoms with E-state index in [0.717, 1.165) is 5.39 Å². The average Bonchev–Trinajstić information content (AvgIpc) is 2.82. The minimum atomic E-state index is -0.392. The Morgan fingerprint density at radius 1 is 1.11 bits per heavy atom. The van der Waals surface area contributed by atoms with Gasteiger partial charge >= 0.3 is 0 Å². The van der Waals surface area contributed by atoms with E-state index >= 15 is 0 Å². The molecule has 0 saturated carbocycles. The number of ether oxygens (including phenoxy) is 1. The molecule has 0 saturated heterocycles. The zero-order valence-electron chi connectivity index (χ0n) is 9.90. The summed E-state index contributed by atoms with van der Waals surface area (Å²) in [6, 6.07) is 13.6. The lowest BCUT2D eigenvalue weighted by molar-refractivity contribution is 0.262. The van der Waals surface area contributed by atoms with Crippen LogP contribution in [0.2, 0.25) is 5.02 Å². The first kappa shape index (κ1) is 12.1. The quantitative estimate of drug-likeness (QED) is 0.685. The highest BCUT2D eigenvalue weighted by Gasteiger charge is 2.08. The number of benzene rings is 2. The minimum absolute atomic E-state index is 0.159. The molecule has 0 aliphatic carbocycles. The number of halogens is 2. The van der Waals surface area contributed by atoms with Crippen LogP contribution in [0.1, 0.15) is 5.76 Å². The van der Waals surface area contributed by atoms with Gasteiger partial charge in [0, 0.05) is 5.39 Å². The number of furan rings is 1. The molecule has 2 aromatic carbocycles. The predicted octanol–water partition coefficient (Wildman–Crippen LogP) is 4.80. The fraction of sp³-hybridized carbons (Fsp3) is 0.0667. The van der Waals surface area contributed by atoms with Gasteiger partial charge in [-0.3, -0.25) is 0 Å². The highest BCUT2D eigenvalue weighted by atomic mass is 35.5. The lowest BCUT2D eigenvalue weighted by Crippen LogP contribution is -1.95. The maximum atomic E-state index is 13.4. The van der Waals surface area contributed by atoms with Crippen molar-refractivity contribution in [2.24, 2.45) is 0 Å². The van der Waals surface area contributed by atoms with Crippen LogP contribution in [0.4, 0.5) is 4.39 Å². The van der Waals surface area contributed by atoms with Gasteiger partial charge in [0.25, 0.3) is 0 Å². The number of hydrogen-bond donors (Lipinski definition) is 0. The van der Waals surface area contributed by atoms with Gasteiger partial charge in [-0.25, -0.2) is 4.39 Å². The second-order valence-electron chi connectivity index (χ2n) is 4.09. The van der Waals surface area contributed by atoms with Crippen molar-refractivity contribution < 1.29 is 13.5 Å². The maximum Gasteiger partial charge on any atom is 0.165 e. The van der Waals surface area contributed by atoms with Crippen molar-refractivity contribution in [2.75, 3.05) is 0 Å². The molecule has 4 heteroatoms.